The predicted octanol–water partition coefficient (Wildman–Crippen LogP) is 2.87. The number of piperidine rings is 1. The van der Waals surface area contributed by atoms with Crippen molar-refractivity contribution in [2.24, 2.45) is 22.2 Å². The van der Waals surface area contributed by atoms with Crippen LogP contribution in [0.5, 0.6) is 0 Å². The zero-order valence-corrected chi connectivity index (χ0v) is 16.6. The van der Waals surface area contributed by atoms with Gasteiger partial charge in [-0.05, 0) is 43.4 Å². The average Bonchev–Trinajstić information content (AvgIpc) is 2.51. The van der Waals surface area contributed by atoms with Gasteiger partial charge in [0.15, 0.2) is 5.96 Å². The van der Waals surface area contributed by atoms with Gasteiger partial charge in [0.25, 0.3) is 0 Å². The van der Waals surface area contributed by atoms with E-state index in [2.05, 4.69) is 50.2 Å². The van der Waals surface area contributed by atoms with E-state index < -0.39 is 0 Å². The summed E-state index contributed by atoms with van der Waals surface area (Å²) in [7, 11) is 1.71. The van der Waals surface area contributed by atoms with Crippen LogP contribution in [-0.2, 0) is 4.79 Å². The number of amides is 1. The molecule has 0 atom stereocenters. The van der Waals surface area contributed by atoms with Gasteiger partial charge in [-0.1, -0.05) is 27.7 Å². The van der Waals surface area contributed by atoms with Crippen molar-refractivity contribution in [3.8, 4) is 0 Å². The maximum atomic E-state index is 11.5. The Balaban J connectivity index is 2.59. The number of nitrogens with zero attached hydrogens (tertiary/aromatic N) is 2. The van der Waals surface area contributed by atoms with Crippen LogP contribution in [0.1, 0.15) is 60.3 Å². The van der Waals surface area contributed by atoms with Crippen LogP contribution < -0.4 is 10.6 Å². The molecule has 0 aliphatic carbocycles. The molecule has 5 nitrogen and oxygen atoms in total. The van der Waals surface area contributed by atoms with Gasteiger partial charge in [0.05, 0.1) is 0 Å². The van der Waals surface area contributed by atoms with Crippen molar-refractivity contribution in [3.05, 3.63) is 0 Å². The molecule has 1 aliphatic rings. The fourth-order valence-corrected chi connectivity index (χ4v) is 3.60. The molecule has 0 radical (unpaired) electrons. The van der Waals surface area contributed by atoms with E-state index in [1.54, 1.807) is 7.05 Å². The number of hydrogen-bond acceptors (Lipinski definition) is 2. The number of carbonyl (C=O) groups is 1. The lowest BCUT2D eigenvalue weighted by Gasteiger charge is -2.35. The summed E-state index contributed by atoms with van der Waals surface area (Å²) in [6.07, 6.45) is 3.96. The van der Waals surface area contributed by atoms with Crippen molar-refractivity contribution in [2.75, 3.05) is 33.2 Å². The molecule has 0 saturated carbocycles. The number of carbonyl (C=O) groups excluding carboxylic acids is 1. The SMILES string of the molecule is CCNC(=NCC(C)(C)CC(C)C)N1CCC(CC(=O)NC)CC1. The molecule has 1 amide bonds. The number of rotatable bonds is 7. The molecule has 140 valence electrons. The minimum Gasteiger partial charge on any atom is -0.359 e. The summed E-state index contributed by atoms with van der Waals surface area (Å²) in [6, 6.07) is 0. The van der Waals surface area contributed by atoms with Crippen molar-refractivity contribution in [1.29, 1.82) is 0 Å². The van der Waals surface area contributed by atoms with Crippen LogP contribution in [-0.4, -0.2) is 50.0 Å². The number of guanidine groups is 1. The molecule has 1 fully saturated rings. The lowest BCUT2D eigenvalue weighted by atomic mass is 9.84. The smallest absolute Gasteiger partial charge is 0.220 e. The Morgan fingerprint density at radius 3 is 2.42 bits per heavy atom. The van der Waals surface area contributed by atoms with Crippen LogP contribution in [0, 0.1) is 17.3 Å². The molecule has 0 bridgehead atoms. The third-order valence-corrected chi connectivity index (χ3v) is 4.62. The standard InChI is InChI=1S/C19H38N4O/c1-7-21-18(22-14-19(4,5)13-15(2)3)23-10-8-16(9-11-23)12-17(24)20-6/h15-16H,7-14H2,1-6H3,(H,20,24)(H,21,22). The molecule has 1 saturated heterocycles. The van der Waals surface area contributed by atoms with Gasteiger partial charge in [-0.3, -0.25) is 9.79 Å². The molecule has 0 aromatic heterocycles. The van der Waals surface area contributed by atoms with Gasteiger partial charge in [-0.15, -0.1) is 0 Å². The Morgan fingerprint density at radius 2 is 1.92 bits per heavy atom. The molecule has 1 aliphatic heterocycles. The summed E-state index contributed by atoms with van der Waals surface area (Å²) < 4.78 is 0. The van der Waals surface area contributed by atoms with Crippen molar-refractivity contribution >= 4 is 11.9 Å². The van der Waals surface area contributed by atoms with Crippen LogP contribution in [0.2, 0.25) is 0 Å². The van der Waals surface area contributed by atoms with Crippen molar-refractivity contribution in [2.45, 2.75) is 60.3 Å². The second kappa shape index (κ2) is 9.90. The molecule has 24 heavy (non-hydrogen) atoms. The molecular formula is C19H38N4O. The first-order valence-corrected chi connectivity index (χ1v) is 9.51. The summed E-state index contributed by atoms with van der Waals surface area (Å²) in [5.41, 5.74) is 0.229. The maximum absolute atomic E-state index is 11.5. The van der Waals surface area contributed by atoms with Gasteiger partial charge in [-0.25, -0.2) is 0 Å². The Morgan fingerprint density at radius 1 is 1.29 bits per heavy atom. The zero-order valence-electron chi connectivity index (χ0n) is 16.6. The fourth-order valence-electron chi connectivity index (χ4n) is 3.60. The van der Waals surface area contributed by atoms with E-state index in [0.717, 1.165) is 45.0 Å². The normalized spacial score (nSPS) is 17.3. The van der Waals surface area contributed by atoms with Gasteiger partial charge in [0.1, 0.15) is 0 Å². The van der Waals surface area contributed by atoms with Gasteiger partial charge in [-0.2, -0.15) is 0 Å². The van der Waals surface area contributed by atoms with Gasteiger partial charge >= 0.3 is 0 Å². The van der Waals surface area contributed by atoms with Gasteiger partial charge < -0.3 is 15.5 Å². The lowest BCUT2D eigenvalue weighted by Crippen LogP contribution is -2.46. The second-order valence-corrected chi connectivity index (χ2v) is 8.24. The van der Waals surface area contributed by atoms with Crippen LogP contribution in [0.4, 0.5) is 0 Å². The Bertz CT molecular complexity index is 410. The topological polar surface area (TPSA) is 56.7 Å². The van der Waals surface area contributed by atoms with E-state index >= 15 is 0 Å². The first-order valence-electron chi connectivity index (χ1n) is 9.51. The quantitative estimate of drug-likeness (QED) is 0.554. The largest absolute Gasteiger partial charge is 0.359 e. The molecule has 0 aromatic carbocycles. The number of nitrogens with one attached hydrogen (secondary N) is 2. The molecule has 0 unspecified atom stereocenters. The van der Waals surface area contributed by atoms with Crippen molar-refractivity contribution in [3.63, 3.8) is 0 Å². The van der Waals surface area contributed by atoms with E-state index in [1.165, 1.54) is 6.42 Å². The summed E-state index contributed by atoms with van der Waals surface area (Å²) in [5, 5.41) is 6.17. The Hall–Kier alpha value is -1.26. The monoisotopic (exact) mass is 338 g/mol. The lowest BCUT2D eigenvalue weighted by molar-refractivity contribution is -0.121. The first-order chi connectivity index (χ1) is 11.3. The maximum Gasteiger partial charge on any atom is 0.220 e. The van der Waals surface area contributed by atoms with E-state index in [1.807, 2.05) is 0 Å². The van der Waals surface area contributed by atoms with E-state index in [0.29, 0.717) is 18.3 Å². The molecule has 5 heteroatoms. The summed E-state index contributed by atoms with van der Waals surface area (Å²) >= 11 is 0. The highest BCUT2D eigenvalue weighted by Gasteiger charge is 2.24. The molecule has 0 aromatic rings. The van der Waals surface area contributed by atoms with E-state index in [4.69, 9.17) is 4.99 Å². The number of aliphatic imine (C=N–C) groups is 1. The number of likely N-dealkylation sites (tertiary alicyclic amines) is 1. The highest BCUT2D eigenvalue weighted by Crippen LogP contribution is 2.26. The highest BCUT2D eigenvalue weighted by molar-refractivity contribution is 5.80. The Kier molecular flexibility index (Phi) is 8.57. The zero-order chi connectivity index (χ0) is 18.2. The average molecular weight is 339 g/mol. The fraction of sp³-hybridized carbons (Fsp3) is 0.895. The summed E-state index contributed by atoms with van der Waals surface area (Å²) in [6.45, 7) is 15.0. The molecule has 1 heterocycles. The minimum absolute atomic E-state index is 0.157. The van der Waals surface area contributed by atoms with Crippen LogP contribution in [0.3, 0.4) is 0 Å². The van der Waals surface area contributed by atoms with Gasteiger partial charge in [0.2, 0.25) is 5.91 Å². The van der Waals surface area contributed by atoms with Crippen LogP contribution in [0.15, 0.2) is 4.99 Å². The molecule has 1 rings (SSSR count). The summed E-state index contributed by atoms with van der Waals surface area (Å²) in [5.74, 6) is 2.39. The number of hydrogen-bond donors (Lipinski definition) is 2. The molecule has 2 N–H and O–H groups in total. The minimum atomic E-state index is 0.157. The third-order valence-electron chi connectivity index (χ3n) is 4.62. The first kappa shape index (κ1) is 20.8. The third kappa shape index (κ3) is 7.54. The van der Waals surface area contributed by atoms with Crippen molar-refractivity contribution in [1.82, 2.24) is 15.5 Å². The van der Waals surface area contributed by atoms with Crippen LogP contribution in [0.25, 0.3) is 0 Å². The summed E-state index contributed by atoms with van der Waals surface area (Å²) in [4.78, 5) is 18.8. The predicted molar refractivity (Wildman–Crippen MR) is 102 cm³/mol. The molecule has 0 spiro atoms. The van der Waals surface area contributed by atoms with E-state index in [-0.39, 0.29) is 11.3 Å². The van der Waals surface area contributed by atoms with Crippen molar-refractivity contribution < 1.29 is 4.79 Å². The Labute approximate surface area is 148 Å². The highest BCUT2D eigenvalue weighted by atomic mass is 16.1. The van der Waals surface area contributed by atoms with Gasteiger partial charge in [0, 0.05) is 39.6 Å². The van der Waals surface area contributed by atoms with E-state index in [9.17, 15) is 4.79 Å². The second-order valence-electron chi connectivity index (χ2n) is 8.24. The molecular weight excluding hydrogens is 300 g/mol. The van der Waals surface area contributed by atoms with Crippen LogP contribution >= 0.6 is 0 Å².